The Morgan fingerprint density at radius 2 is 1.27 bits per heavy atom. The maximum atomic E-state index is 11.5. The molecule has 1 aliphatic heterocycles. The topological polar surface area (TPSA) is 66.4 Å². The third-order valence-electron chi connectivity index (χ3n) is 8.13. The first-order valence-electron chi connectivity index (χ1n) is 14.7. The Hall–Kier alpha value is -2.00. The van der Waals surface area contributed by atoms with Gasteiger partial charge in [-0.2, -0.15) is 0 Å². The molecule has 3 rings (SSSR count). The van der Waals surface area contributed by atoms with Crippen molar-refractivity contribution in [1.82, 2.24) is 0 Å². The van der Waals surface area contributed by atoms with Gasteiger partial charge in [-0.1, -0.05) is 102 Å². The van der Waals surface area contributed by atoms with Crippen LogP contribution in [-0.2, 0) is 36.6 Å². The van der Waals surface area contributed by atoms with Gasteiger partial charge in [0.1, 0.15) is 24.4 Å². The molecule has 0 aromatic heterocycles. The Balaban J connectivity index is 1.92. The van der Waals surface area contributed by atoms with Crippen LogP contribution in [0, 0.1) is 0 Å². The molecule has 7 heteroatoms. The lowest BCUT2D eigenvalue weighted by atomic mass is 9.93. The van der Waals surface area contributed by atoms with Gasteiger partial charge in [0, 0.05) is 0 Å². The summed E-state index contributed by atoms with van der Waals surface area (Å²) in [5.41, 5.74) is 3.42. The monoisotopic (exact) mass is 570 g/mol. The van der Waals surface area contributed by atoms with E-state index in [4.69, 9.17) is 23.4 Å². The molecule has 40 heavy (non-hydrogen) atoms. The molecular weight excluding hydrogens is 520 g/mol. The predicted molar refractivity (Wildman–Crippen MR) is 162 cm³/mol. The number of hydrogen-bond donors (Lipinski definition) is 1. The van der Waals surface area contributed by atoms with Gasteiger partial charge in [0.25, 0.3) is 0 Å². The maximum absolute atomic E-state index is 11.5. The Morgan fingerprint density at radius 3 is 1.75 bits per heavy atom. The fourth-order valence-electron chi connectivity index (χ4n) is 6.27. The molecule has 2 aromatic rings. The number of ether oxygens (including phenoxy) is 4. The van der Waals surface area contributed by atoms with Crippen molar-refractivity contribution in [3.05, 3.63) is 84.1 Å². The largest absolute Gasteiger partial charge is 0.505 e. The number of aliphatic hydroxyl groups is 1. The lowest BCUT2D eigenvalue weighted by Gasteiger charge is -2.47. The van der Waals surface area contributed by atoms with E-state index in [0.29, 0.717) is 42.9 Å². The second-order valence-electron chi connectivity index (χ2n) is 11.7. The molecular formula is C33H50O6Si. The van der Waals surface area contributed by atoms with E-state index in [2.05, 4.69) is 41.5 Å². The van der Waals surface area contributed by atoms with Crippen LogP contribution >= 0.6 is 0 Å². The molecule has 5 atom stereocenters. The number of hydrogen-bond acceptors (Lipinski definition) is 6. The molecule has 0 unspecified atom stereocenters. The van der Waals surface area contributed by atoms with E-state index in [1.807, 2.05) is 66.7 Å². The fraction of sp³-hybridized carbons (Fsp3) is 0.576. The predicted octanol–water partition coefficient (Wildman–Crippen LogP) is 7.03. The number of benzene rings is 2. The van der Waals surface area contributed by atoms with Crippen LogP contribution in [0.3, 0.4) is 0 Å². The SMILES string of the molecule is CO/C=C/C[C@@H]1O[C@@H](CO[Si](C(C)C)(C(C)C)C(C)C)[C@@H](OCc2ccccc2)[C@H](OCc2ccccc2)[C@H]1O. The van der Waals surface area contributed by atoms with Gasteiger partial charge in [0.2, 0.25) is 0 Å². The van der Waals surface area contributed by atoms with Crippen LogP contribution in [-0.4, -0.2) is 57.7 Å². The Bertz CT molecular complexity index is 975. The van der Waals surface area contributed by atoms with E-state index in [9.17, 15) is 5.11 Å². The minimum atomic E-state index is -2.16. The summed E-state index contributed by atoms with van der Waals surface area (Å²) in [5, 5.41) is 11.5. The minimum Gasteiger partial charge on any atom is -0.505 e. The second kappa shape index (κ2) is 15.8. The molecule has 0 bridgehead atoms. The highest BCUT2D eigenvalue weighted by molar-refractivity contribution is 6.77. The summed E-state index contributed by atoms with van der Waals surface area (Å²) in [4.78, 5) is 0. The molecule has 1 saturated heterocycles. The zero-order valence-corrected chi connectivity index (χ0v) is 26.4. The van der Waals surface area contributed by atoms with E-state index in [1.54, 1.807) is 13.4 Å². The van der Waals surface area contributed by atoms with Gasteiger partial charge >= 0.3 is 0 Å². The first-order chi connectivity index (χ1) is 19.2. The Labute approximate surface area is 242 Å². The van der Waals surface area contributed by atoms with Crippen LogP contribution in [0.25, 0.3) is 0 Å². The average molecular weight is 571 g/mol. The number of rotatable bonds is 15. The van der Waals surface area contributed by atoms with Gasteiger partial charge in [-0.05, 0) is 40.2 Å². The first kappa shape index (κ1) is 32.5. The minimum absolute atomic E-state index is 0.366. The fourth-order valence-corrected chi connectivity index (χ4v) is 11.7. The van der Waals surface area contributed by atoms with E-state index >= 15 is 0 Å². The summed E-state index contributed by atoms with van der Waals surface area (Å²) in [6.45, 7) is 14.8. The van der Waals surface area contributed by atoms with Gasteiger partial charge < -0.3 is 28.5 Å². The molecule has 1 heterocycles. The molecule has 1 N–H and O–H groups in total. The molecule has 1 fully saturated rings. The molecule has 2 aromatic carbocycles. The van der Waals surface area contributed by atoms with Crippen molar-refractivity contribution >= 4 is 8.32 Å². The van der Waals surface area contributed by atoms with E-state index in [0.717, 1.165) is 11.1 Å². The van der Waals surface area contributed by atoms with Gasteiger partial charge in [-0.3, -0.25) is 0 Å². The standard InChI is InChI=1S/C33H50O6Si/c1-24(2)40(25(3)4,26(5)6)38-23-30-32(36-21-27-15-10-8-11-16-27)33(37-22-28-17-12-9-13-18-28)31(34)29(39-30)19-14-20-35-7/h8-18,20,24-26,29-34H,19,21-23H2,1-7H3/b20-14+/t29-,30-,31-,32+,33+/m0/s1. The van der Waals surface area contributed by atoms with Crippen molar-refractivity contribution in [2.24, 2.45) is 0 Å². The zero-order valence-electron chi connectivity index (χ0n) is 25.4. The number of methoxy groups -OCH3 is 1. The quantitative estimate of drug-likeness (QED) is 0.183. The summed E-state index contributed by atoms with van der Waals surface area (Å²) >= 11 is 0. The summed E-state index contributed by atoms with van der Waals surface area (Å²) in [7, 11) is -0.555. The smallest absolute Gasteiger partial charge is 0.200 e. The van der Waals surface area contributed by atoms with Crippen LogP contribution < -0.4 is 0 Å². The Morgan fingerprint density at radius 1 is 0.775 bits per heavy atom. The van der Waals surface area contributed by atoms with Crippen molar-refractivity contribution in [1.29, 1.82) is 0 Å². The molecule has 6 nitrogen and oxygen atoms in total. The third-order valence-corrected chi connectivity index (χ3v) is 14.2. The second-order valence-corrected chi connectivity index (χ2v) is 17.2. The number of aliphatic hydroxyl groups excluding tert-OH is 1. The third kappa shape index (κ3) is 8.27. The van der Waals surface area contributed by atoms with Gasteiger partial charge in [-0.15, -0.1) is 0 Å². The zero-order chi connectivity index (χ0) is 29.1. The Kier molecular flexibility index (Phi) is 12.9. The molecule has 0 saturated carbocycles. The lowest BCUT2D eigenvalue weighted by Crippen LogP contribution is -2.61. The lowest BCUT2D eigenvalue weighted by molar-refractivity contribution is -0.256. The van der Waals surface area contributed by atoms with Gasteiger partial charge in [-0.25, -0.2) is 0 Å². The highest BCUT2D eigenvalue weighted by Gasteiger charge is 2.50. The molecule has 0 amide bonds. The van der Waals surface area contributed by atoms with Crippen LogP contribution in [0.1, 0.15) is 59.1 Å². The first-order valence-corrected chi connectivity index (χ1v) is 16.8. The van der Waals surface area contributed by atoms with Crippen molar-refractivity contribution in [2.75, 3.05) is 13.7 Å². The summed E-state index contributed by atoms with van der Waals surface area (Å²) in [5.74, 6) is 0. The van der Waals surface area contributed by atoms with Crippen molar-refractivity contribution < 1.29 is 28.5 Å². The van der Waals surface area contributed by atoms with Crippen molar-refractivity contribution in [3.8, 4) is 0 Å². The molecule has 0 spiro atoms. The van der Waals surface area contributed by atoms with Crippen molar-refractivity contribution in [3.63, 3.8) is 0 Å². The van der Waals surface area contributed by atoms with Crippen LogP contribution in [0.15, 0.2) is 73.0 Å². The normalized spacial score (nSPS) is 23.9. The summed E-state index contributed by atoms with van der Waals surface area (Å²) in [6.07, 6.45) is 1.10. The van der Waals surface area contributed by atoms with E-state index < -0.39 is 38.8 Å². The van der Waals surface area contributed by atoms with Crippen molar-refractivity contribution in [2.45, 2.75) is 108 Å². The average Bonchev–Trinajstić information content (AvgIpc) is 2.93. The maximum Gasteiger partial charge on any atom is 0.200 e. The van der Waals surface area contributed by atoms with E-state index in [-0.39, 0.29) is 0 Å². The molecule has 1 aliphatic rings. The van der Waals surface area contributed by atoms with Crippen LogP contribution in [0.5, 0.6) is 0 Å². The molecule has 0 radical (unpaired) electrons. The van der Waals surface area contributed by atoms with Crippen LogP contribution in [0.4, 0.5) is 0 Å². The van der Waals surface area contributed by atoms with Crippen LogP contribution in [0.2, 0.25) is 16.6 Å². The van der Waals surface area contributed by atoms with E-state index in [1.165, 1.54) is 0 Å². The highest BCUT2D eigenvalue weighted by atomic mass is 28.4. The summed E-state index contributed by atoms with van der Waals surface area (Å²) in [6, 6.07) is 20.1. The summed E-state index contributed by atoms with van der Waals surface area (Å²) < 4.78 is 31.7. The molecule has 222 valence electrons. The van der Waals surface area contributed by atoms with Gasteiger partial charge in [0.05, 0.1) is 39.3 Å². The van der Waals surface area contributed by atoms with Gasteiger partial charge in [0.15, 0.2) is 8.32 Å². The molecule has 0 aliphatic carbocycles. The highest BCUT2D eigenvalue weighted by Crippen LogP contribution is 2.43.